The summed E-state index contributed by atoms with van der Waals surface area (Å²) >= 11 is 6.25. The molecular weight excluding hydrogens is 340 g/mol. The highest BCUT2D eigenvalue weighted by Crippen LogP contribution is 2.24. The third kappa shape index (κ3) is 5.50. The zero-order chi connectivity index (χ0) is 18.2. The normalized spacial score (nSPS) is 12.4. The van der Waals surface area contributed by atoms with E-state index in [-0.39, 0.29) is 0 Å². The summed E-state index contributed by atoms with van der Waals surface area (Å²) in [4.78, 5) is 17.1. The van der Waals surface area contributed by atoms with Crippen LogP contribution in [0.3, 0.4) is 0 Å². The Balaban J connectivity index is 2.15. The minimum atomic E-state index is -0.571. The molecular formula is C19H21ClN2O3. The molecule has 0 saturated heterocycles. The van der Waals surface area contributed by atoms with Crippen LogP contribution >= 0.6 is 11.6 Å². The minimum Gasteiger partial charge on any atom is -0.453 e. The standard InChI is InChI=1S/C19H21ClN2O3/c1-13-7-6-8-15(11-13)12-25-22-14(2)18(21-19(23)24-3)16-9-4-5-10-17(16)20/h4-11,18H,12H2,1-3H3,(H,21,23). The number of aryl methyl sites for hydroxylation is 1. The zero-order valence-corrected chi connectivity index (χ0v) is 15.2. The van der Waals surface area contributed by atoms with Gasteiger partial charge in [-0.3, -0.25) is 0 Å². The molecule has 6 heteroatoms. The fraction of sp³-hybridized carbons (Fsp3) is 0.263. The third-order valence-corrected chi connectivity index (χ3v) is 3.95. The number of hydrogen-bond acceptors (Lipinski definition) is 4. The molecule has 0 radical (unpaired) electrons. The SMILES string of the molecule is COC(=O)NC(C(C)=NOCc1cccc(C)c1)c1ccccc1Cl. The van der Waals surface area contributed by atoms with Crippen molar-refractivity contribution in [2.24, 2.45) is 5.16 Å². The Kier molecular flexibility index (Phi) is 6.83. The number of carbonyl (C=O) groups excluding carboxylic acids is 1. The largest absolute Gasteiger partial charge is 0.453 e. The van der Waals surface area contributed by atoms with Crippen LogP contribution in [0.1, 0.15) is 29.7 Å². The summed E-state index contributed by atoms with van der Waals surface area (Å²) in [6.45, 7) is 4.12. The van der Waals surface area contributed by atoms with Gasteiger partial charge in [0.1, 0.15) is 12.6 Å². The van der Waals surface area contributed by atoms with E-state index in [1.165, 1.54) is 7.11 Å². The molecule has 5 nitrogen and oxygen atoms in total. The van der Waals surface area contributed by atoms with E-state index in [1.807, 2.05) is 49.4 Å². The molecule has 0 aromatic heterocycles. The fourth-order valence-corrected chi connectivity index (χ4v) is 2.60. The third-order valence-electron chi connectivity index (χ3n) is 3.60. The zero-order valence-electron chi connectivity index (χ0n) is 14.5. The summed E-state index contributed by atoms with van der Waals surface area (Å²) in [6, 6.07) is 14.7. The van der Waals surface area contributed by atoms with Crippen LogP contribution in [0.4, 0.5) is 4.79 Å². The van der Waals surface area contributed by atoms with Crippen LogP contribution < -0.4 is 5.32 Å². The summed E-state index contributed by atoms with van der Waals surface area (Å²) < 4.78 is 4.69. The monoisotopic (exact) mass is 360 g/mol. The van der Waals surface area contributed by atoms with Gasteiger partial charge in [-0.15, -0.1) is 0 Å². The van der Waals surface area contributed by atoms with E-state index < -0.39 is 12.1 Å². The van der Waals surface area contributed by atoms with Gasteiger partial charge in [-0.05, 0) is 31.0 Å². The van der Waals surface area contributed by atoms with Crippen LogP contribution in [0.25, 0.3) is 0 Å². The van der Waals surface area contributed by atoms with Gasteiger partial charge in [0, 0.05) is 5.02 Å². The summed E-state index contributed by atoms with van der Waals surface area (Å²) in [5, 5.41) is 7.39. The van der Waals surface area contributed by atoms with E-state index in [0.29, 0.717) is 17.3 Å². The predicted octanol–water partition coefficient (Wildman–Crippen LogP) is 4.64. The summed E-state index contributed by atoms with van der Waals surface area (Å²) in [5.41, 5.74) is 3.45. The maximum absolute atomic E-state index is 11.7. The van der Waals surface area contributed by atoms with Gasteiger partial charge >= 0.3 is 6.09 Å². The lowest BCUT2D eigenvalue weighted by atomic mass is 10.0. The van der Waals surface area contributed by atoms with Crippen molar-refractivity contribution in [1.29, 1.82) is 0 Å². The van der Waals surface area contributed by atoms with Crippen LogP contribution in [-0.4, -0.2) is 18.9 Å². The number of methoxy groups -OCH3 is 1. The van der Waals surface area contributed by atoms with Gasteiger partial charge in [-0.2, -0.15) is 0 Å². The molecule has 0 heterocycles. The molecule has 1 unspecified atom stereocenters. The molecule has 1 N–H and O–H groups in total. The average Bonchev–Trinajstić information content (AvgIpc) is 2.60. The molecule has 1 atom stereocenters. The number of nitrogens with one attached hydrogen (secondary N) is 1. The predicted molar refractivity (Wildman–Crippen MR) is 98.8 cm³/mol. The number of ether oxygens (including phenoxy) is 1. The lowest BCUT2D eigenvalue weighted by Crippen LogP contribution is -2.33. The Bertz CT molecular complexity index is 762. The summed E-state index contributed by atoms with van der Waals surface area (Å²) in [6.07, 6.45) is -0.571. The number of alkyl carbamates (subject to hydrolysis) is 1. The van der Waals surface area contributed by atoms with Crippen molar-refractivity contribution in [3.8, 4) is 0 Å². The number of hydrogen-bond donors (Lipinski definition) is 1. The lowest BCUT2D eigenvalue weighted by molar-refractivity contribution is 0.128. The summed E-state index contributed by atoms with van der Waals surface area (Å²) in [5.74, 6) is 0. The van der Waals surface area contributed by atoms with Crippen LogP contribution in [0.15, 0.2) is 53.7 Å². The number of carbonyl (C=O) groups is 1. The Hall–Kier alpha value is -2.53. The van der Waals surface area contributed by atoms with Crippen molar-refractivity contribution in [2.75, 3.05) is 7.11 Å². The number of amides is 1. The van der Waals surface area contributed by atoms with E-state index >= 15 is 0 Å². The van der Waals surface area contributed by atoms with Gasteiger partial charge in [0.2, 0.25) is 0 Å². The molecule has 0 bridgehead atoms. The van der Waals surface area contributed by atoms with Crippen LogP contribution in [0, 0.1) is 6.92 Å². The Morgan fingerprint density at radius 3 is 2.68 bits per heavy atom. The molecule has 0 fully saturated rings. The number of halogens is 1. The Morgan fingerprint density at radius 1 is 1.24 bits per heavy atom. The smallest absolute Gasteiger partial charge is 0.407 e. The van der Waals surface area contributed by atoms with Crippen LogP contribution in [0.5, 0.6) is 0 Å². The van der Waals surface area contributed by atoms with E-state index in [2.05, 4.69) is 10.5 Å². The molecule has 2 aromatic carbocycles. The van der Waals surface area contributed by atoms with Gasteiger partial charge in [0.05, 0.1) is 12.8 Å². The quantitative estimate of drug-likeness (QED) is 0.603. The van der Waals surface area contributed by atoms with Gasteiger partial charge in [0.15, 0.2) is 0 Å². The number of oxime groups is 1. The molecule has 1 amide bonds. The van der Waals surface area contributed by atoms with Gasteiger partial charge in [-0.1, -0.05) is 64.8 Å². The second kappa shape index (κ2) is 9.08. The first-order chi connectivity index (χ1) is 12.0. The molecule has 0 aliphatic carbocycles. The highest BCUT2D eigenvalue weighted by molar-refractivity contribution is 6.31. The highest BCUT2D eigenvalue weighted by atomic mass is 35.5. The van der Waals surface area contributed by atoms with E-state index in [0.717, 1.165) is 16.7 Å². The van der Waals surface area contributed by atoms with Crippen molar-refractivity contribution in [1.82, 2.24) is 5.32 Å². The van der Waals surface area contributed by atoms with Crippen molar-refractivity contribution in [3.05, 3.63) is 70.2 Å². The lowest BCUT2D eigenvalue weighted by Gasteiger charge is -2.19. The second-order valence-electron chi connectivity index (χ2n) is 5.59. The molecule has 132 valence electrons. The maximum atomic E-state index is 11.7. The highest BCUT2D eigenvalue weighted by Gasteiger charge is 2.21. The fourth-order valence-electron chi connectivity index (χ4n) is 2.36. The maximum Gasteiger partial charge on any atom is 0.407 e. The van der Waals surface area contributed by atoms with E-state index in [4.69, 9.17) is 21.2 Å². The number of benzene rings is 2. The number of rotatable bonds is 6. The molecule has 2 rings (SSSR count). The first-order valence-electron chi connectivity index (χ1n) is 7.82. The van der Waals surface area contributed by atoms with Crippen molar-refractivity contribution >= 4 is 23.4 Å². The van der Waals surface area contributed by atoms with Crippen LogP contribution in [0.2, 0.25) is 5.02 Å². The topological polar surface area (TPSA) is 59.9 Å². The average molecular weight is 361 g/mol. The van der Waals surface area contributed by atoms with Crippen molar-refractivity contribution in [3.63, 3.8) is 0 Å². The molecule has 0 aliphatic heterocycles. The number of nitrogens with zero attached hydrogens (tertiary/aromatic N) is 1. The van der Waals surface area contributed by atoms with Gasteiger partial charge < -0.3 is 14.9 Å². The molecule has 0 aliphatic rings. The molecule has 0 saturated carbocycles. The first kappa shape index (κ1) is 18.8. The molecule has 2 aromatic rings. The van der Waals surface area contributed by atoms with E-state index in [9.17, 15) is 4.79 Å². The second-order valence-corrected chi connectivity index (χ2v) is 5.99. The van der Waals surface area contributed by atoms with Crippen LogP contribution in [-0.2, 0) is 16.2 Å². The van der Waals surface area contributed by atoms with Gasteiger partial charge in [-0.25, -0.2) is 4.79 Å². The Morgan fingerprint density at radius 2 is 2.00 bits per heavy atom. The van der Waals surface area contributed by atoms with Crippen molar-refractivity contribution in [2.45, 2.75) is 26.5 Å². The van der Waals surface area contributed by atoms with Gasteiger partial charge in [0.25, 0.3) is 0 Å². The van der Waals surface area contributed by atoms with E-state index in [1.54, 1.807) is 13.0 Å². The minimum absolute atomic E-state index is 0.340. The molecule has 25 heavy (non-hydrogen) atoms. The summed E-state index contributed by atoms with van der Waals surface area (Å²) in [7, 11) is 1.31. The Labute approximate surface area is 152 Å². The first-order valence-corrected chi connectivity index (χ1v) is 8.20. The molecule has 0 spiro atoms. The van der Waals surface area contributed by atoms with Crippen molar-refractivity contribution < 1.29 is 14.4 Å².